The molecule has 0 radical (unpaired) electrons. The van der Waals surface area contributed by atoms with Gasteiger partial charge in [0, 0.05) is 42.3 Å². The van der Waals surface area contributed by atoms with Crippen molar-refractivity contribution in [2.75, 3.05) is 6.61 Å². The van der Waals surface area contributed by atoms with Gasteiger partial charge in [0.1, 0.15) is 0 Å². The van der Waals surface area contributed by atoms with E-state index in [4.69, 9.17) is 51.1 Å². The molecule has 4 aromatic heterocycles. The van der Waals surface area contributed by atoms with Crippen LogP contribution in [0.4, 0.5) is 0 Å². The van der Waals surface area contributed by atoms with Crippen molar-refractivity contribution in [2.24, 2.45) is 0 Å². The Morgan fingerprint density at radius 1 is 0.688 bits per heavy atom. The van der Waals surface area contributed by atoms with Gasteiger partial charge >= 0.3 is 11.9 Å². The normalized spacial score (nSPS) is 11.3. The van der Waals surface area contributed by atoms with Crippen LogP contribution in [0.3, 0.4) is 0 Å². The Labute approximate surface area is 296 Å². The summed E-state index contributed by atoms with van der Waals surface area (Å²) in [7, 11) is 0. The van der Waals surface area contributed by atoms with Crippen molar-refractivity contribution in [3.05, 3.63) is 104 Å². The van der Waals surface area contributed by atoms with Crippen LogP contribution < -0.4 is 0 Å². The van der Waals surface area contributed by atoms with Crippen LogP contribution in [0.5, 0.6) is 0 Å². The van der Waals surface area contributed by atoms with E-state index >= 15 is 0 Å². The number of benzene rings is 2. The first-order valence-corrected chi connectivity index (χ1v) is 16.4. The predicted octanol–water partition coefficient (Wildman–Crippen LogP) is 9.53. The molecule has 0 aliphatic carbocycles. The summed E-state index contributed by atoms with van der Waals surface area (Å²) in [6, 6.07) is 10.4. The molecule has 0 amide bonds. The average molecular weight is 728 g/mol. The molecule has 6 aromatic rings. The number of esters is 1. The van der Waals surface area contributed by atoms with E-state index in [1.54, 1.807) is 64.7 Å². The number of hydrogen-bond donors (Lipinski definition) is 1. The fourth-order valence-corrected chi connectivity index (χ4v) is 6.43. The van der Waals surface area contributed by atoms with Crippen LogP contribution >= 0.6 is 46.4 Å². The molecule has 2 aromatic carbocycles. The Hall–Kier alpha value is -4.22. The summed E-state index contributed by atoms with van der Waals surface area (Å²) in [5, 5.41) is 20.1. The highest BCUT2D eigenvalue weighted by atomic mass is 35.5. The van der Waals surface area contributed by atoms with Crippen molar-refractivity contribution < 1.29 is 19.4 Å². The number of carboxylic acid groups (broad SMARTS) is 1. The zero-order valence-corrected chi connectivity index (χ0v) is 29.5. The first-order valence-electron chi connectivity index (χ1n) is 14.9. The van der Waals surface area contributed by atoms with E-state index in [0.717, 1.165) is 22.4 Å². The summed E-state index contributed by atoms with van der Waals surface area (Å²) in [5.74, 6) is -1.34. The lowest BCUT2D eigenvalue weighted by Gasteiger charge is -2.13. The quantitative estimate of drug-likeness (QED) is 0.161. The standard InChI is InChI=1S/C18H17Cl2N3O2.C16H13Cl2N3O2/c1-4-25-18(24)14-8-22-23-15(9-21-17(23)16(14)10(2)3)11-5-12(19)7-13(20)6-11;1-8(2)14-12(16(22)23)6-20-21-13(7-19-15(14)21)9-3-10(17)5-11(18)4-9/h5-10H,4H2,1-3H3;3-8H,1-2H3,(H,22,23). The van der Waals surface area contributed by atoms with Crippen LogP contribution in [-0.4, -0.2) is 52.8 Å². The minimum Gasteiger partial charge on any atom is -0.478 e. The fraction of sp³-hybridized carbons (Fsp3) is 0.235. The van der Waals surface area contributed by atoms with Crippen molar-refractivity contribution in [2.45, 2.75) is 46.5 Å². The van der Waals surface area contributed by atoms with Gasteiger partial charge < -0.3 is 9.84 Å². The molecule has 1 N–H and O–H groups in total. The van der Waals surface area contributed by atoms with Gasteiger partial charge in [0.15, 0.2) is 11.3 Å². The number of ether oxygens (including phenoxy) is 1. The maximum Gasteiger partial charge on any atom is 0.340 e. The number of aromatic carboxylic acids is 1. The highest BCUT2D eigenvalue weighted by Crippen LogP contribution is 2.32. The lowest BCUT2D eigenvalue weighted by atomic mass is 10.00. The number of rotatable bonds is 7. The summed E-state index contributed by atoms with van der Waals surface area (Å²) in [4.78, 5) is 32.5. The smallest absolute Gasteiger partial charge is 0.340 e. The Morgan fingerprint density at radius 3 is 1.46 bits per heavy atom. The molecule has 6 rings (SSSR count). The molecular weight excluding hydrogens is 698 g/mol. The third-order valence-electron chi connectivity index (χ3n) is 7.34. The molecule has 14 heteroatoms. The van der Waals surface area contributed by atoms with Crippen LogP contribution in [0.25, 0.3) is 33.8 Å². The van der Waals surface area contributed by atoms with Gasteiger partial charge in [-0.15, -0.1) is 0 Å². The second kappa shape index (κ2) is 14.5. The van der Waals surface area contributed by atoms with E-state index in [1.165, 1.54) is 12.4 Å². The number of hydrogen-bond acceptors (Lipinski definition) is 7. The number of nitrogens with zero attached hydrogens (tertiary/aromatic N) is 6. The van der Waals surface area contributed by atoms with Crippen LogP contribution in [-0.2, 0) is 4.74 Å². The molecule has 4 heterocycles. The largest absolute Gasteiger partial charge is 0.478 e. The molecule has 0 saturated carbocycles. The molecule has 0 spiro atoms. The third kappa shape index (κ3) is 7.12. The summed E-state index contributed by atoms with van der Waals surface area (Å²) < 4.78 is 8.45. The van der Waals surface area contributed by atoms with Gasteiger partial charge in [0.25, 0.3) is 0 Å². The summed E-state index contributed by atoms with van der Waals surface area (Å²) >= 11 is 24.3. The topological polar surface area (TPSA) is 124 Å². The molecular formula is C34H30Cl4N6O4. The Kier molecular flexibility index (Phi) is 10.6. The van der Waals surface area contributed by atoms with Crippen LogP contribution in [0.2, 0.25) is 20.1 Å². The van der Waals surface area contributed by atoms with Crippen molar-refractivity contribution in [3.63, 3.8) is 0 Å². The van der Waals surface area contributed by atoms with E-state index in [2.05, 4.69) is 20.2 Å². The number of fused-ring (bicyclic) bond motifs is 2. The van der Waals surface area contributed by atoms with Gasteiger partial charge in [-0.05, 0) is 55.2 Å². The molecule has 0 unspecified atom stereocenters. The molecule has 0 atom stereocenters. The zero-order valence-electron chi connectivity index (χ0n) is 26.5. The van der Waals surface area contributed by atoms with Crippen molar-refractivity contribution >= 4 is 69.6 Å². The van der Waals surface area contributed by atoms with E-state index < -0.39 is 11.9 Å². The van der Waals surface area contributed by atoms with E-state index in [9.17, 15) is 14.7 Å². The molecule has 0 fully saturated rings. The fourth-order valence-electron chi connectivity index (χ4n) is 5.38. The van der Waals surface area contributed by atoms with Crippen LogP contribution in [0.15, 0.2) is 61.2 Å². The number of carbonyl (C=O) groups is 2. The number of carboxylic acids is 1. The highest BCUT2D eigenvalue weighted by molar-refractivity contribution is 6.35. The second-order valence-corrected chi connectivity index (χ2v) is 13.1. The summed E-state index contributed by atoms with van der Waals surface area (Å²) in [5.41, 5.74) is 6.19. The minimum atomic E-state index is -1.01. The van der Waals surface area contributed by atoms with Gasteiger partial charge in [0.2, 0.25) is 0 Å². The first-order chi connectivity index (χ1) is 22.8. The Bertz CT molecular complexity index is 2140. The van der Waals surface area contributed by atoms with Crippen LogP contribution in [0, 0.1) is 0 Å². The SMILES string of the molecule is CC(C)c1c(C(=O)O)cnn2c(-c3cc(Cl)cc(Cl)c3)cnc12.CCOC(=O)c1cnn2c(-c3cc(Cl)cc(Cl)c3)cnc2c1C(C)C. The highest BCUT2D eigenvalue weighted by Gasteiger charge is 2.23. The molecule has 10 nitrogen and oxygen atoms in total. The van der Waals surface area contributed by atoms with Crippen molar-refractivity contribution in [1.82, 2.24) is 29.2 Å². The average Bonchev–Trinajstić information content (AvgIpc) is 3.64. The summed E-state index contributed by atoms with van der Waals surface area (Å²) in [6.07, 6.45) is 6.21. The van der Waals surface area contributed by atoms with E-state index in [0.29, 0.717) is 54.8 Å². The molecule has 0 aliphatic rings. The maximum atomic E-state index is 12.2. The maximum absolute atomic E-state index is 12.2. The van der Waals surface area contributed by atoms with Gasteiger partial charge in [-0.2, -0.15) is 10.2 Å². The number of imidazole rings is 2. The van der Waals surface area contributed by atoms with Gasteiger partial charge in [-0.25, -0.2) is 28.6 Å². The Morgan fingerprint density at radius 2 is 1.08 bits per heavy atom. The number of aromatic nitrogens is 6. The predicted molar refractivity (Wildman–Crippen MR) is 188 cm³/mol. The zero-order chi connectivity index (χ0) is 34.9. The summed E-state index contributed by atoms with van der Waals surface area (Å²) in [6.45, 7) is 9.93. The Balaban J connectivity index is 0.000000188. The van der Waals surface area contributed by atoms with Gasteiger partial charge in [0.05, 0.1) is 53.9 Å². The number of halogens is 4. The van der Waals surface area contributed by atoms with E-state index in [-0.39, 0.29) is 17.4 Å². The number of carbonyl (C=O) groups excluding carboxylic acids is 1. The third-order valence-corrected chi connectivity index (χ3v) is 8.21. The molecule has 248 valence electrons. The molecule has 48 heavy (non-hydrogen) atoms. The molecule has 0 aliphatic heterocycles. The first kappa shape index (κ1) is 35.1. The second-order valence-electron chi connectivity index (χ2n) is 11.4. The lowest BCUT2D eigenvalue weighted by Crippen LogP contribution is -2.12. The van der Waals surface area contributed by atoms with Gasteiger partial charge in [-0.3, -0.25) is 0 Å². The lowest BCUT2D eigenvalue weighted by molar-refractivity contribution is 0.0523. The van der Waals surface area contributed by atoms with Crippen molar-refractivity contribution in [3.8, 4) is 22.5 Å². The van der Waals surface area contributed by atoms with Crippen LogP contribution in [0.1, 0.15) is 78.3 Å². The molecule has 0 bridgehead atoms. The van der Waals surface area contributed by atoms with Crippen molar-refractivity contribution in [1.29, 1.82) is 0 Å². The van der Waals surface area contributed by atoms with Gasteiger partial charge in [-0.1, -0.05) is 74.1 Å². The monoisotopic (exact) mass is 726 g/mol. The molecule has 0 saturated heterocycles. The van der Waals surface area contributed by atoms with E-state index in [1.807, 2.05) is 27.7 Å². The minimum absolute atomic E-state index is 0.00945.